The second kappa shape index (κ2) is 5.28. The summed E-state index contributed by atoms with van der Waals surface area (Å²) < 4.78 is 1.40. The van der Waals surface area contributed by atoms with Crippen LogP contribution in [0.25, 0.3) is 0 Å². The first-order chi connectivity index (χ1) is 7.58. The van der Waals surface area contributed by atoms with E-state index >= 15 is 0 Å². The minimum atomic E-state index is 0.0426. The molecule has 0 nitrogen and oxygen atoms in total. The van der Waals surface area contributed by atoms with Crippen molar-refractivity contribution in [3.8, 4) is 0 Å². The van der Waals surface area contributed by atoms with Gasteiger partial charge in [-0.25, -0.2) is 0 Å². The highest BCUT2D eigenvalue weighted by molar-refractivity contribution is 9.09. The molecular formula is C11H6BrCl3S. The van der Waals surface area contributed by atoms with Crippen molar-refractivity contribution in [2.45, 2.75) is 4.83 Å². The van der Waals surface area contributed by atoms with Crippen molar-refractivity contribution in [1.29, 1.82) is 0 Å². The number of alkyl halides is 1. The molecule has 0 aliphatic rings. The van der Waals surface area contributed by atoms with Crippen LogP contribution in [0.5, 0.6) is 0 Å². The molecule has 0 spiro atoms. The van der Waals surface area contributed by atoms with Crippen LogP contribution >= 0.6 is 62.1 Å². The Labute approximate surface area is 121 Å². The van der Waals surface area contributed by atoms with Gasteiger partial charge in [0.1, 0.15) is 0 Å². The highest BCUT2D eigenvalue weighted by Gasteiger charge is 2.16. The summed E-state index contributed by atoms with van der Waals surface area (Å²) in [4.78, 5) is 0.0426. The number of thiophene rings is 1. The molecule has 2 aromatic rings. The van der Waals surface area contributed by atoms with Gasteiger partial charge in [0.15, 0.2) is 0 Å². The summed E-state index contributed by atoms with van der Waals surface area (Å²) in [6.07, 6.45) is 0. The minimum Gasteiger partial charge on any atom is -0.111 e. The van der Waals surface area contributed by atoms with Crippen LogP contribution in [0.15, 0.2) is 30.3 Å². The predicted octanol–water partition coefficient (Wildman–Crippen LogP) is 6.19. The number of rotatable bonds is 2. The molecule has 0 bridgehead atoms. The maximum absolute atomic E-state index is 6.10. The molecule has 0 radical (unpaired) electrons. The number of halogens is 4. The summed E-state index contributed by atoms with van der Waals surface area (Å²) in [6.45, 7) is 0. The average molecular weight is 356 g/mol. The van der Waals surface area contributed by atoms with Crippen LogP contribution in [0.4, 0.5) is 0 Å². The van der Waals surface area contributed by atoms with Crippen LogP contribution < -0.4 is 0 Å². The molecule has 0 aliphatic heterocycles. The van der Waals surface area contributed by atoms with Crippen LogP contribution in [0, 0.1) is 0 Å². The van der Waals surface area contributed by atoms with Crippen molar-refractivity contribution >= 4 is 62.1 Å². The summed E-state index contributed by atoms with van der Waals surface area (Å²) in [6, 6.07) is 9.51. The van der Waals surface area contributed by atoms with E-state index in [1.165, 1.54) is 11.3 Å². The van der Waals surface area contributed by atoms with Crippen molar-refractivity contribution in [2.24, 2.45) is 0 Å². The van der Waals surface area contributed by atoms with Gasteiger partial charge in [0, 0.05) is 10.6 Å². The average Bonchev–Trinajstić information content (AvgIpc) is 2.58. The maximum atomic E-state index is 6.10. The molecule has 0 amide bonds. The van der Waals surface area contributed by atoms with Gasteiger partial charge in [-0.1, -0.05) is 62.9 Å². The molecule has 0 saturated heterocycles. The highest BCUT2D eigenvalue weighted by atomic mass is 79.9. The number of hydrogen-bond donors (Lipinski definition) is 0. The molecule has 1 aromatic carbocycles. The maximum Gasteiger partial charge on any atom is 0.0990 e. The molecule has 0 N–H and O–H groups in total. The monoisotopic (exact) mass is 354 g/mol. The SMILES string of the molecule is Clc1ccc(C(Br)c2cc(Cl)sc2Cl)cc1. The zero-order chi connectivity index (χ0) is 11.7. The summed E-state index contributed by atoms with van der Waals surface area (Å²) in [5.41, 5.74) is 2.08. The van der Waals surface area contributed by atoms with E-state index in [1.54, 1.807) is 0 Å². The lowest BCUT2D eigenvalue weighted by atomic mass is 10.1. The van der Waals surface area contributed by atoms with Crippen LogP contribution in [-0.2, 0) is 0 Å². The Hall–Kier alpha value is 0.270. The van der Waals surface area contributed by atoms with Gasteiger partial charge in [-0.3, -0.25) is 0 Å². The molecular weight excluding hydrogens is 350 g/mol. The number of hydrogen-bond acceptors (Lipinski definition) is 1. The van der Waals surface area contributed by atoms with Crippen LogP contribution in [0.2, 0.25) is 13.7 Å². The summed E-state index contributed by atoms with van der Waals surface area (Å²) in [5.74, 6) is 0. The summed E-state index contributed by atoms with van der Waals surface area (Å²) >= 11 is 22.8. The Kier molecular flexibility index (Phi) is 4.20. The largest absolute Gasteiger partial charge is 0.111 e. The van der Waals surface area contributed by atoms with E-state index < -0.39 is 0 Å². The van der Waals surface area contributed by atoms with Crippen molar-refractivity contribution in [3.63, 3.8) is 0 Å². The lowest BCUT2D eigenvalue weighted by Crippen LogP contribution is -1.90. The molecule has 2 rings (SSSR count). The Morgan fingerprint density at radius 1 is 1.06 bits per heavy atom. The Bertz CT molecular complexity index is 492. The predicted molar refractivity (Wildman–Crippen MR) is 76.6 cm³/mol. The molecule has 5 heteroatoms. The third kappa shape index (κ3) is 2.74. The molecule has 1 atom stereocenters. The molecule has 1 heterocycles. The molecule has 84 valence electrons. The molecule has 0 aliphatic carbocycles. The first-order valence-electron chi connectivity index (χ1n) is 4.42. The summed E-state index contributed by atoms with van der Waals surface area (Å²) in [5, 5.41) is 0.720. The minimum absolute atomic E-state index is 0.0426. The van der Waals surface area contributed by atoms with E-state index in [9.17, 15) is 0 Å². The topological polar surface area (TPSA) is 0 Å². The van der Waals surface area contributed by atoms with E-state index in [2.05, 4.69) is 15.9 Å². The van der Waals surface area contributed by atoms with E-state index in [4.69, 9.17) is 34.8 Å². The van der Waals surface area contributed by atoms with Crippen molar-refractivity contribution in [1.82, 2.24) is 0 Å². The first-order valence-corrected chi connectivity index (χ1v) is 7.29. The van der Waals surface area contributed by atoms with Gasteiger partial charge in [0.2, 0.25) is 0 Å². The lowest BCUT2D eigenvalue weighted by Gasteiger charge is -2.09. The molecule has 0 fully saturated rings. The lowest BCUT2D eigenvalue weighted by molar-refractivity contribution is 1.19. The fourth-order valence-corrected chi connectivity index (χ4v) is 3.94. The molecule has 0 saturated carbocycles. The Morgan fingerprint density at radius 2 is 1.69 bits per heavy atom. The van der Waals surface area contributed by atoms with Gasteiger partial charge < -0.3 is 0 Å². The van der Waals surface area contributed by atoms with E-state index in [0.29, 0.717) is 8.67 Å². The van der Waals surface area contributed by atoms with Crippen molar-refractivity contribution in [2.75, 3.05) is 0 Å². The zero-order valence-electron chi connectivity index (χ0n) is 7.88. The smallest absolute Gasteiger partial charge is 0.0990 e. The zero-order valence-corrected chi connectivity index (χ0v) is 12.6. The van der Waals surface area contributed by atoms with E-state index in [-0.39, 0.29) is 4.83 Å². The molecule has 1 aromatic heterocycles. The van der Waals surface area contributed by atoms with Gasteiger partial charge in [-0.2, -0.15) is 0 Å². The first kappa shape index (κ1) is 12.7. The fourth-order valence-electron chi connectivity index (χ4n) is 1.34. The van der Waals surface area contributed by atoms with Gasteiger partial charge in [0.05, 0.1) is 13.5 Å². The van der Waals surface area contributed by atoms with E-state index in [1.807, 2.05) is 30.3 Å². The standard InChI is InChI=1S/C11H6BrCl3S/c12-10(6-1-3-7(13)4-2-6)8-5-9(14)16-11(8)15/h1-5,10H. The second-order valence-corrected chi connectivity index (χ2v) is 6.83. The van der Waals surface area contributed by atoms with Crippen LogP contribution in [-0.4, -0.2) is 0 Å². The van der Waals surface area contributed by atoms with Crippen molar-refractivity contribution < 1.29 is 0 Å². The summed E-state index contributed by atoms with van der Waals surface area (Å²) in [7, 11) is 0. The van der Waals surface area contributed by atoms with Crippen LogP contribution in [0.3, 0.4) is 0 Å². The van der Waals surface area contributed by atoms with E-state index in [0.717, 1.165) is 16.1 Å². The number of benzene rings is 1. The quantitative estimate of drug-likeness (QED) is 0.563. The third-order valence-corrected chi connectivity index (χ3v) is 4.91. The van der Waals surface area contributed by atoms with Crippen molar-refractivity contribution in [3.05, 3.63) is 55.2 Å². The second-order valence-electron chi connectivity index (χ2n) is 3.19. The van der Waals surface area contributed by atoms with Gasteiger partial charge in [-0.15, -0.1) is 11.3 Å². The van der Waals surface area contributed by atoms with Gasteiger partial charge in [-0.05, 0) is 23.8 Å². The van der Waals surface area contributed by atoms with Gasteiger partial charge >= 0.3 is 0 Å². The fraction of sp³-hybridized carbons (Fsp3) is 0.0909. The normalized spacial score (nSPS) is 12.8. The highest BCUT2D eigenvalue weighted by Crippen LogP contribution is 2.41. The Balaban J connectivity index is 2.35. The van der Waals surface area contributed by atoms with Gasteiger partial charge in [0.25, 0.3) is 0 Å². The molecule has 1 unspecified atom stereocenters. The Morgan fingerprint density at radius 3 is 2.19 bits per heavy atom. The third-order valence-electron chi connectivity index (χ3n) is 2.12. The molecule has 16 heavy (non-hydrogen) atoms. The van der Waals surface area contributed by atoms with Crippen LogP contribution in [0.1, 0.15) is 16.0 Å².